The zero-order valence-electron chi connectivity index (χ0n) is 13.8. The second kappa shape index (κ2) is 5.73. The topological polar surface area (TPSA) is 15.3 Å². The molecule has 2 fully saturated rings. The average Bonchev–Trinajstić information content (AvgIpc) is 3.19. The molecule has 1 saturated heterocycles. The van der Waals surface area contributed by atoms with Gasteiger partial charge in [0.2, 0.25) is 0 Å². The lowest BCUT2D eigenvalue weighted by atomic mass is 9.83. The Kier molecular flexibility index (Phi) is 4.62. The highest BCUT2D eigenvalue weighted by Gasteiger charge is 2.50. The molecule has 1 heterocycles. The fraction of sp³-hybridized carbons (Fsp3) is 1.00. The van der Waals surface area contributed by atoms with Crippen molar-refractivity contribution in [2.45, 2.75) is 77.8 Å². The predicted octanol–water partition coefficient (Wildman–Crippen LogP) is 3.67. The van der Waals surface area contributed by atoms with E-state index in [1.165, 1.54) is 51.7 Å². The van der Waals surface area contributed by atoms with E-state index < -0.39 is 0 Å². The molecule has 0 amide bonds. The summed E-state index contributed by atoms with van der Waals surface area (Å²) in [5, 5.41) is 3.85. The van der Waals surface area contributed by atoms with Crippen LogP contribution in [0.1, 0.15) is 66.7 Å². The zero-order chi connectivity index (χ0) is 14.1. The molecule has 19 heavy (non-hydrogen) atoms. The molecular weight excluding hydrogens is 232 g/mol. The van der Waals surface area contributed by atoms with Crippen molar-refractivity contribution in [1.82, 2.24) is 10.2 Å². The minimum absolute atomic E-state index is 0.320. The van der Waals surface area contributed by atoms with Crippen LogP contribution in [0.2, 0.25) is 0 Å². The molecular formula is C17H34N2. The fourth-order valence-corrected chi connectivity index (χ4v) is 3.74. The van der Waals surface area contributed by atoms with Gasteiger partial charge >= 0.3 is 0 Å². The molecule has 0 radical (unpaired) electrons. The molecule has 1 N–H and O–H groups in total. The van der Waals surface area contributed by atoms with Crippen LogP contribution in [-0.2, 0) is 0 Å². The Balaban J connectivity index is 2.07. The van der Waals surface area contributed by atoms with Crippen molar-refractivity contribution in [3.05, 3.63) is 0 Å². The maximum atomic E-state index is 3.85. The molecule has 3 atom stereocenters. The summed E-state index contributed by atoms with van der Waals surface area (Å²) < 4.78 is 0. The van der Waals surface area contributed by atoms with Crippen molar-refractivity contribution in [2.24, 2.45) is 11.8 Å². The molecule has 1 aliphatic carbocycles. The Hall–Kier alpha value is -0.0800. The first-order chi connectivity index (χ1) is 8.93. The maximum absolute atomic E-state index is 3.85. The van der Waals surface area contributed by atoms with Crippen molar-refractivity contribution in [3.63, 3.8) is 0 Å². The number of rotatable bonds is 6. The van der Waals surface area contributed by atoms with Gasteiger partial charge in [0.15, 0.2) is 0 Å². The quantitative estimate of drug-likeness (QED) is 0.789. The molecule has 0 aromatic rings. The van der Waals surface area contributed by atoms with Crippen LogP contribution in [0.4, 0.5) is 0 Å². The van der Waals surface area contributed by atoms with Crippen LogP contribution in [0.15, 0.2) is 0 Å². The van der Waals surface area contributed by atoms with Gasteiger partial charge in [-0.25, -0.2) is 0 Å². The van der Waals surface area contributed by atoms with E-state index in [1.807, 2.05) is 0 Å². The number of nitrogens with zero attached hydrogens (tertiary/aromatic N) is 1. The fourth-order valence-electron chi connectivity index (χ4n) is 3.74. The van der Waals surface area contributed by atoms with Gasteiger partial charge in [0.1, 0.15) is 0 Å². The molecule has 0 aromatic heterocycles. The predicted molar refractivity (Wildman–Crippen MR) is 83.5 cm³/mol. The lowest BCUT2D eigenvalue weighted by Crippen LogP contribution is -2.69. The third kappa shape index (κ3) is 3.33. The smallest absolute Gasteiger partial charge is 0.0335 e. The van der Waals surface area contributed by atoms with E-state index in [2.05, 4.69) is 44.8 Å². The van der Waals surface area contributed by atoms with E-state index in [9.17, 15) is 0 Å². The van der Waals surface area contributed by atoms with Crippen molar-refractivity contribution in [2.75, 3.05) is 19.6 Å². The number of nitrogens with one attached hydrogen (secondary N) is 1. The Bertz CT molecular complexity index is 300. The lowest BCUT2D eigenvalue weighted by molar-refractivity contribution is -0.00494. The van der Waals surface area contributed by atoms with Crippen molar-refractivity contribution in [1.29, 1.82) is 0 Å². The summed E-state index contributed by atoms with van der Waals surface area (Å²) in [6.07, 6.45) is 6.80. The largest absolute Gasteiger partial charge is 0.308 e. The minimum Gasteiger partial charge on any atom is -0.308 e. The molecule has 0 bridgehead atoms. The maximum Gasteiger partial charge on any atom is 0.0335 e. The third-order valence-corrected chi connectivity index (χ3v) is 5.69. The van der Waals surface area contributed by atoms with Gasteiger partial charge in [0, 0.05) is 30.7 Å². The van der Waals surface area contributed by atoms with E-state index in [0.717, 1.165) is 11.8 Å². The second-order valence-electron chi connectivity index (χ2n) is 7.67. The van der Waals surface area contributed by atoms with Gasteiger partial charge in [-0.05, 0) is 51.4 Å². The molecule has 2 rings (SSSR count). The molecule has 2 nitrogen and oxygen atoms in total. The Morgan fingerprint density at radius 3 is 2.47 bits per heavy atom. The summed E-state index contributed by atoms with van der Waals surface area (Å²) in [6.45, 7) is 15.7. The van der Waals surface area contributed by atoms with Crippen molar-refractivity contribution >= 4 is 0 Å². The SMILES string of the molecule is CCCC(C)CN1CC(C)(CC)NCC1(C)C1CC1. The summed E-state index contributed by atoms with van der Waals surface area (Å²) in [5.41, 5.74) is 0.733. The van der Waals surface area contributed by atoms with Gasteiger partial charge in [0.05, 0.1) is 0 Å². The summed E-state index contributed by atoms with van der Waals surface area (Å²) in [4.78, 5) is 2.84. The van der Waals surface area contributed by atoms with E-state index in [4.69, 9.17) is 0 Å². The highest BCUT2D eigenvalue weighted by Crippen LogP contribution is 2.45. The first-order valence-electron chi connectivity index (χ1n) is 8.43. The molecule has 1 aliphatic heterocycles. The molecule has 3 unspecified atom stereocenters. The zero-order valence-corrected chi connectivity index (χ0v) is 13.8. The van der Waals surface area contributed by atoms with Crippen molar-refractivity contribution < 1.29 is 0 Å². The highest BCUT2D eigenvalue weighted by molar-refractivity contribution is 5.07. The third-order valence-electron chi connectivity index (χ3n) is 5.69. The first kappa shape index (κ1) is 15.3. The van der Waals surface area contributed by atoms with Crippen LogP contribution < -0.4 is 5.32 Å². The van der Waals surface area contributed by atoms with Gasteiger partial charge < -0.3 is 5.32 Å². The van der Waals surface area contributed by atoms with E-state index in [1.54, 1.807) is 0 Å². The number of hydrogen-bond acceptors (Lipinski definition) is 2. The van der Waals surface area contributed by atoms with Crippen LogP contribution in [-0.4, -0.2) is 35.6 Å². The summed E-state index contributed by atoms with van der Waals surface area (Å²) in [6, 6.07) is 0. The monoisotopic (exact) mass is 266 g/mol. The molecule has 1 saturated carbocycles. The summed E-state index contributed by atoms with van der Waals surface area (Å²) in [7, 11) is 0. The van der Waals surface area contributed by atoms with Gasteiger partial charge in [-0.3, -0.25) is 4.90 Å². The van der Waals surface area contributed by atoms with Gasteiger partial charge in [-0.15, -0.1) is 0 Å². The molecule has 0 spiro atoms. The van der Waals surface area contributed by atoms with Gasteiger partial charge in [0.25, 0.3) is 0 Å². The van der Waals surface area contributed by atoms with Crippen LogP contribution in [0.25, 0.3) is 0 Å². The lowest BCUT2D eigenvalue weighted by Gasteiger charge is -2.53. The second-order valence-corrected chi connectivity index (χ2v) is 7.67. The molecule has 0 aromatic carbocycles. The minimum atomic E-state index is 0.320. The average molecular weight is 266 g/mol. The van der Waals surface area contributed by atoms with E-state index >= 15 is 0 Å². The Morgan fingerprint density at radius 2 is 1.95 bits per heavy atom. The summed E-state index contributed by atoms with van der Waals surface area (Å²) >= 11 is 0. The van der Waals surface area contributed by atoms with Gasteiger partial charge in [-0.1, -0.05) is 27.2 Å². The van der Waals surface area contributed by atoms with Crippen LogP contribution >= 0.6 is 0 Å². The molecule has 2 heteroatoms. The Morgan fingerprint density at radius 1 is 1.26 bits per heavy atom. The van der Waals surface area contributed by atoms with Crippen LogP contribution in [0, 0.1) is 11.8 Å². The van der Waals surface area contributed by atoms with E-state index in [0.29, 0.717) is 11.1 Å². The van der Waals surface area contributed by atoms with Crippen LogP contribution in [0.5, 0.6) is 0 Å². The van der Waals surface area contributed by atoms with E-state index in [-0.39, 0.29) is 0 Å². The Labute approximate surface area is 120 Å². The van der Waals surface area contributed by atoms with Crippen LogP contribution in [0.3, 0.4) is 0 Å². The van der Waals surface area contributed by atoms with Gasteiger partial charge in [-0.2, -0.15) is 0 Å². The van der Waals surface area contributed by atoms with Crippen molar-refractivity contribution in [3.8, 4) is 0 Å². The summed E-state index contributed by atoms with van der Waals surface area (Å²) in [5.74, 6) is 1.78. The normalized spacial score (nSPS) is 38.4. The molecule has 2 aliphatic rings. The first-order valence-corrected chi connectivity index (χ1v) is 8.43. The number of hydrogen-bond donors (Lipinski definition) is 1. The highest BCUT2D eigenvalue weighted by atomic mass is 15.3. The number of piperazine rings is 1. The molecule has 112 valence electrons. The standard InChI is InChI=1S/C17H34N2/c1-6-8-14(3)11-19-13-16(4,7-2)18-12-17(19,5)15-9-10-15/h14-15,18H,6-13H2,1-5H3.